The Morgan fingerprint density at radius 2 is 1.91 bits per heavy atom. The summed E-state index contributed by atoms with van der Waals surface area (Å²) in [6.45, 7) is 3.12. The quantitative estimate of drug-likeness (QED) is 0.589. The molecule has 4 rings (SSSR count). The van der Waals surface area contributed by atoms with Crippen molar-refractivity contribution in [3.8, 4) is 11.4 Å². The molecule has 172 valence electrons. The Bertz CT molecular complexity index is 1130. The van der Waals surface area contributed by atoms with Gasteiger partial charge >= 0.3 is 0 Å². The Morgan fingerprint density at radius 1 is 1.21 bits per heavy atom. The number of halogens is 3. The Morgan fingerprint density at radius 3 is 2.61 bits per heavy atom. The molecule has 1 saturated heterocycles. The van der Waals surface area contributed by atoms with Crippen LogP contribution in [0.15, 0.2) is 49.1 Å². The smallest absolute Gasteiger partial charge is 0.265 e. The number of benzene rings is 1. The predicted molar refractivity (Wildman–Crippen MR) is 121 cm³/mol. The number of likely N-dealkylation sites (tertiary alicyclic amines) is 1. The standard InChI is InChI=1S/C23H23ClF2N6O/c1-14-10-29-22(30-11-14)31-12-19-15(2)9-23(25,26)13-32(19)21(33)18-8-16(24)4-5-17(18)20-27-6-3-7-28-20/h3-8,10-11,15,19H,9,12-13H2,1-2H3,(H,29,30,31)/t15-,19?/m1/s1. The van der Waals surface area contributed by atoms with E-state index in [9.17, 15) is 13.6 Å². The van der Waals surface area contributed by atoms with E-state index < -0.39 is 30.3 Å². The maximum Gasteiger partial charge on any atom is 0.265 e. The third-order valence-electron chi connectivity index (χ3n) is 5.61. The van der Waals surface area contributed by atoms with Crippen LogP contribution in [0.4, 0.5) is 14.7 Å². The summed E-state index contributed by atoms with van der Waals surface area (Å²) in [5, 5.41) is 3.40. The highest BCUT2D eigenvalue weighted by Crippen LogP contribution is 2.36. The molecular weight excluding hydrogens is 450 g/mol. The molecule has 3 heterocycles. The molecule has 33 heavy (non-hydrogen) atoms. The zero-order valence-corrected chi connectivity index (χ0v) is 18.9. The number of alkyl halides is 2. The van der Waals surface area contributed by atoms with Gasteiger partial charge < -0.3 is 10.2 Å². The summed E-state index contributed by atoms with van der Waals surface area (Å²) in [5.74, 6) is -3.33. The van der Waals surface area contributed by atoms with Crippen molar-refractivity contribution in [1.29, 1.82) is 0 Å². The molecule has 1 N–H and O–H groups in total. The predicted octanol–water partition coefficient (Wildman–Crippen LogP) is 4.49. The highest BCUT2D eigenvalue weighted by molar-refractivity contribution is 6.31. The molecule has 2 atom stereocenters. The average Bonchev–Trinajstić information content (AvgIpc) is 2.79. The molecule has 0 saturated carbocycles. The van der Waals surface area contributed by atoms with Gasteiger partial charge in [-0.25, -0.2) is 28.7 Å². The third-order valence-corrected chi connectivity index (χ3v) is 5.84. The summed E-state index contributed by atoms with van der Waals surface area (Å²) in [4.78, 5) is 31.7. The summed E-state index contributed by atoms with van der Waals surface area (Å²) >= 11 is 6.17. The first-order valence-electron chi connectivity index (χ1n) is 10.5. The van der Waals surface area contributed by atoms with Crippen LogP contribution < -0.4 is 5.32 Å². The van der Waals surface area contributed by atoms with Gasteiger partial charge in [0, 0.05) is 48.3 Å². The molecule has 1 aliphatic rings. The van der Waals surface area contributed by atoms with E-state index in [0.717, 1.165) is 5.56 Å². The lowest BCUT2D eigenvalue weighted by molar-refractivity contribution is -0.0897. The zero-order chi connectivity index (χ0) is 23.6. The third kappa shape index (κ3) is 5.24. The first-order valence-corrected chi connectivity index (χ1v) is 10.9. The van der Waals surface area contributed by atoms with Gasteiger partial charge in [0.2, 0.25) is 5.95 Å². The van der Waals surface area contributed by atoms with E-state index in [2.05, 4.69) is 25.3 Å². The summed E-state index contributed by atoms with van der Waals surface area (Å²) in [7, 11) is 0. The molecular formula is C23H23ClF2N6O. The minimum Gasteiger partial charge on any atom is -0.352 e. The van der Waals surface area contributed by atoms with Gasteiger partial charge in [0.15, 0.2) is 5.82 Å². The molecule has 1 unspecified atom stereocenters. The van der Waals surface area contributed by atoms with Crippen molar-refractivity contribution in [2.45, 2.75) is 32.2 Å². The number of amides is 1. The second kappa shape index (κ2) is 9.35. The lowest BCUT2D eigenvalue weighted by Crippen LogP contribution is -2.57. The number of carbonyl (C=O) groups excluding carboxylic acids is 1. The van der Waals surface area contributed by atoms with Gasteiger partial charge in [-0.15, -0.1) is 0 Å². The van der Waals surface area contributed by atoms with Crippen LogP contribution in [-0.4, -0.2) is 55.8 Å². The summed E-state index contributed by atoms with van der Waals surface area (Å²) in [5.41, 5.74) is 1.51. The van der Waals surface area contributed by atoms with Crippen molar-refractivity contribution >= 4 is 23.5 Å². The van der Waals surface area contributed by atoms with Crippen LogP contribution >= 0.6 is 11.6 Å². The number of nitrogens with zero attached hydrogens (tertiary/aromatic N) is 5. The molecule has 0 radical (unpaired) electrons. The number of nitrogens with one attached hydrogen (secondary N) is 1. The lowest BCUT2D eigenvalue weighted by atomic mass is 9.87. The topological polar surface area (TPSA) is 83.9 Å². The van der Waals surface area contributed by atoms with Crippen molar-refractivity contribution in [3.05, 3.63) is 65.2 Å². The first-order chi connectivity index (χ1) is 15.7. The highest BCUT2D eigenvalue weighted by atomic mass is 35.5. The van der Waals surface area contributed by atoms with E-state index in [1.807, 2.05) is 6.92 Å². The molecule has 3 aromatic rings. The van der Waals surface area contributed by atoms with Gasteiger partial charge in [-0.05, 0) is 42.7 Å². The Hall–Kier alpha value is -3.20. The van der Waals surface area contributed by atoms with E-state index >= 15 is 0 Å². The Labute approximate surface area is 195 Å². The van der Waals surface area contributed by atoms with Gasteiger partial charge in [-0.3, -0.25) is 4.79 Å². The van der Waals surface area contributed by atoms with Crippen molar-refractivity contribution < 1.29 is 13.6 Å². The lowest BCUT2D eigenvalue weighted by Gasteiger charge is -2.43. The fraction of sp³-hybridized carbons (Fsp3) is 0.348. The van der Waals surface area contributed by atoms with Crippen molar-refractivity contribution in [2.24, 2.45) is 5.92 Å². The number of hydrogen-bond donors (Lipinski definition) is 1. The maximum atomic E-state index is 14.6. The monoisotopic (exact) mass is 472 g/mol. The van der Waals surface area contributed by atoms with Crippen molar-refractivity contribution in [2.75, 3.05) is 18.4 Å². The van der Waals surface area contributed by atoms with E-state index in [1.165, 1.54) is 11.0 Å². The number of aromatic nitrogens is 4. The van der Waals surface area contributed by atoms with Gasteiger partial charge in [0.25, 0.3) is 11.8 Å². The molecule has 2 aromatic heterocycles. The van der Waals surface area contributed by atoms with Crippen LogP contribution in [0.2, 0.25) is 5.02 Å². The van der Waals surface area contributed by atoms with Gasteiger partial charge in [0.05, 0.1) is 18.2 Å². The number of piperidine rings is 1. The van der Waals surface area contributed by atoms with E-state index in [4.69, 9.17) is 11.6 Å². The minimum absolute atomic E-state index is 0.176. The molecule has 10 heteroatoms. The first kappa shape index (κ1) is 23.0. The molecule has 1 amide bonds. The molecule has 0 bridgehead atoms. The molecule has 1 aromatic carbocycles. The van der Waals surface area contributed by atoms with Crippen molar-refractivity contribution in [3.63, 3.8) is 0 Å². The van der Waals surface area contributed by atoms with Crippen LogP contribution in [0.3, 0.4) is 0 Å². The summed E-state index contributed by atoms with van der Waals surface area (Å²) in [6, 6.07) is 5.86. The number of rotatable bonds is 5. The highest BCUT2D eigenvalue weighted by Gasteiger charge is 2.46. The van der Waals surface area contributed by atoms with Crippen LogP contribution in [0.5, 0.6) is 0 Å². The van der Waals surface area contributed by atoms with E-state index in [0.29, 0.717) is 22.4 Å². The average molecular weight is 473 g/mol. The number of carbonyl (C=O) groups is 1. The fourth-order valence-corrected chi connectivity index (χ4v) is 4.21. The van der Waals surface area contributed by atoms with Crippen LogP contribution in [0.1, 0.15) is 29.3 Å². The second-order valence-corrected chi connectivity index (χ2v) is 8.70. The summed E-state index contributed by atoms with van der Waals surface area (Å²) in [6.07, 6.45) is 6.11. The number of anilines is 1. The molecule has 0 spiro atoms. The molecule has 1 aliphatic heterocycles. The Balaban J connectivity index is 1.67. The van der Waals surface area contributed by atoms with Gasteiger partial charge in [0.1, 0.15) is 0 Å². The zero-order valence-electron chi connectivity index (χ0n) is 18.2. The molecule has 0 aliphatic carbocycles. The minimum atomic E-state index is -3.01. The fourth-order valence-electron chi connectivity index (χ4n) is 4.04. The number of hydrogen-bond acceptors (Lipinski definition) is 6. The Kier molecular flexibility index (Phi) is 6.51. The van der Waals surface area contributed by atoms with E-state index in [-0.39, 0.29) is 18.5 Å². The van der Waals surface area contributed by atoms with Gasteiger partial charge in [-0.2, -0.15) is 0 Å². The summed E-state index contributed by atoms with van der Waals surface area (Å²) < 4.78 is 29.2. The number of aryl methyl sites for hydroxylation is 1. The normalized spacial score (nSPS) is 19.8. The van der Waals surface area contributed by atoms with Crippen LogP contribution in [0.25, 0.3) is 11.4 Å². The maximum absolute atomic E-state index is 14.6. The largest absolute Gasteiger partial charge is 0.352 e. The molecule has 1 fully saturated rings. The van der Waals surface area contributed by atoms with Gasteiger partial charge in [-0.1, -0.05) is 18.5 Å². The van der Waals surface area contributed by atoms with E-state index in [1.54, 1.807) is 49.9 Å². The molecule has 7 nitrogen and oxygen atoms in total. The van der Waals surface area contributed by atoms with Crippen LogP contribution in [0, 0.1) is 12.8 Å². The van der Waals surface area contributed by atoms with Crippen molar-refractivity contribution in [1.82, 2.24) is 24.8 Å². The SMILES string of the molecule is Cc1cnc(NCC2[C@H](C)CC(F)(F)CN2C(=O)c2cc(Cl)ccc2-c2ncccn2)nc1. The second-order valence-electron chi connectivity index (χ2n) is 8.26. The van der Waals surface area contributed by atoms with Crippen LogP contribution in [-0.2, 0) is 0 Å².